The van der Waals surface area contributed by atoms with Gasteiger partial charge in [0.15, 0.2) is 6.10 Å². The standard InChI is InChI=1S/C17H22BrNO3/c1-11(21-15-7-3-12(18)4-8-15)17(20)22-16-9-13-5-6-14(10-16)19(13)2/h3-4,7-8,11,13-14,16H,5-6,9-10H2,1-2H3/t11?,13-,14+,16?. The maximum Gasteiger partial charge on any atom is 0.347 e. The molecule has 2 aliphatic rings. The molecule has 120 valence electrons. The van der Waals surface area contributed by atoms with Gasteiger partial charge in [-0.2, -0.15) is 0 Å². The van der Waals surface area contributed by atoms with Crippen LogP contribution in [0.5, 0.6) is 5.75 Å². The lowest BCUT2D eigenvalue weighted by Crippen LogP contribution is -2.44. The second-order valence-electron chi connectivity index (χ2n) is 6.29. The third-order valence-corrected chi connectivity index (χ3v) is 5.32. The van der Waals surface area contributed by atoms with Gasteiger partial charge in [0, 0.05) is 16.6 Å². The topological polar surface area (TPSA) is 38.8 Å². The van der Waals surface area contributed by atoms with Crippen LogP contribution in [-0.4, -0.2) is 42.2 Å². The van der Waals surface area contributed by atoms with Crippen molar-refractivity contribution in [1.82, 2.24) is 4.90 Å². The molecule has 1 aromatic carbocycles. The lowest BCUT2D eigenvalue weighted by molar-refractivity contribution is -0.159. The molecule has 2 aliphatic heterocycles. The fourth-order valence-electron chi connectivity index (χ4n) is 3.48. The Hall–Kier alpha value is -1.07. The van der Waals surface area contributed by atoms with Gasteiger partial charge in [0.05, 0.1) is 0 Å². The van der Waals surface area contributed by atoms with Crippen molar-refractivity contribution in [3.8, 4) is 5.75 Å². The average Bonchev–Trinajstić information content (AvgIpc) is 2.72. The second-order valence-corrected chi connectivity index (χ2v) is 7.21. The van der Waals surface area contributed by atoms with E-state index < -0.39 is 6.10 Å². The third kappa shape index (κ3) is 3.46. The van der Waals surface area contributed by atoms with Crippen LogP contribution in [0.15, 0.2) is 28.7 Å². The average molecular weight is 368 g/mol. The van der Waals surface area contributed by atoms with Gasteiger partial charge >= 0.3 is 5.97 Å². The van der Waals surface area contributed by atoms with Crippen LogP contribution in [0.3, 0.4) is 0 Å². The van der Waals surface area contributed by atoms with Crippen LogP contribution in [0.4, 0.5) is 0 Å². The molecule has 4 atom stereocenters. The van der Waals surface area contributed by atoms with Crippen molar-refractivity contribution in [2.45, 2.75) is 56.9 Å². The first-order valence-corrected chi connectivity index (χ1v) is 8.67. The Morgan fingerprint density at radius 3 is 2.41 bits per heavy atom. The molecule has 0 aromatic heterocycles. The van der Waals surface area contributed by atoms with Crippen LogP contribution in [0.1, 0.15) is 32.6 Å². The molecule has 0 spiro atoms. The summed E-state index contributed by atoms with van der Waals surface area (Å²) in [5.41, 5.74) is 0. The number of fused-ring (bicyclic) bond motifs is 2. The zero-order valence-corrected chi connectivity index (χ0v) is 14.6. The summed E-state index contributed by atoms with van der Waals surface area (Å²) in [4.78, 5) is 14.7. The van der Waals surface area contributed by atoms with Gasteiger partial charge in [-0.1, -0.05) is 15.9 Å². The first-order chi connectivity index (χ1) is 10.5. The Balaban J connectivity index is 1.52. The van der Waals surface area contributed by atoms with Gasteiger partial charge in [0.2, 0.25) is 0 Å². The number of piperidine rings is 1. The van der Waals surface area contributed by atoms with Crippen LogP contribution in [0, 0.1) is 0 Å². The molecule has 2 bridgehead atoms. The zero-order chi connectivity index (χ0) is 15.7. The number of carbonyl (C=O) groups is 1. The predicted molar refractivity (Wildman–Crippen MR) is 87.9 cm³/mol. The minimum Gasteiger partial charge on any atom is -0.479 e. The zero-order valence-electron chi connectivity index (χ0n) is 13.0. The molecule has 22 heavy (non-hydrogen) atoms. The van der Waals surface area contributed by atoms with Crippen LogP contribution in [0.2, 0.25) is 0 Å². The summed E-state index contributed by atoms with van der Waals surface area (Å²) in [6, 6.07) is 8.59. The van der Waals surface area contributed by atoms with Gasteiger partial charge in [-0.15, -0.1) is 0 Å². The summed E-state index contributed by atoms with van der Waals surface area (Å²) in [6.07, 6.45) is 3.80. The Labute approximate surface area is 139 Å². The van der Waals surface area contributed by atoms with E-state index in [1.807, 2.05) is 24.3 Å². The second kappa shape index (κ2) is 6.59. The predicted octanol–water partition coefficient (Wildman–Crippen LogP) is 3.38. The third-order valence-electron chi connectivity index (χ3n) is 4.80. The minimum absolute atomic E-state index is 0.0390. The number of ether oxygens (including phenoxy) is 2. The largest absolute Gasteiger partial charge is 0.479 e. The summed E-state index contributed by atoms with van der Waals surface area (Å²) >= 11 is 3.38. The van der Waals surface area contributed by atoms with Gasteiger partial charge in [-0.05, 0) is 63.9 Å². The number of esters is 1. The van der Waals surface area contributed by atoms with Crippen molar-refractivity contribution in [3.63, 3.8) is 0 Å². The molecule has 4 nitrogen and oxygen atoms in total. The molecule has 0 amide bonds. The summed E-state index contributed by atoms with van der Waals surface area (Å²) in [5, 5.41) is 0. The molecule has 0 saturated carbocycles. The van der Waals surface area contributed by atoms with Crippen molar-refractivity contribution in [1.29, 1.82) is 0 Å². The highest BCUT2D eigenvalue weighted by molar-refractivity contribution is 9.10. The quantitative estimate of drug-likeness (QED) is 0.764. The molecular weight excluding hydrogens is 346 g/mol. The molecule has 1 aromatic rings. The molecule has 2 heterocycles. The molecule has 3 rings (SSSR count). The number of nitrogens with zero attached hydrogens (tertiary/aromatic N) is 1. The first-order valence-electron chi connectivity index (χ1n) is 7.87. The van der Waals surface area contributed by atoms with Gasteiger partial charge in [-0.3, -0.25) is 0 Å². The van der Waals surface area contributed by atoms with Gasteiger partial charge in [0.25, 0.3) is 0 Å². The normalized spacial score (nSPS) is 29.1. The van der Waals surface area contributed by atoms with Crippen molar-refractivity contribution in [2.24, 2.45) is 0 Å². The Morgan fingerprint density at radius 1 is 1.23 bits per heavy atom. The van der Waals surface area contributed by atoms with Gasteiger partial charge in [0.1, 0.15) is 11.9 Å². The lowest BCUT2D eigenvalue weighted by atomic mass is 10.0. The Bertz CT molecular complexity index is 519. The van der Waals surface area contributed by atoms with E-state index in [0.717, 1.165) is 17.3 Å². The van der Waals surface area contributed by atoms with E-state index in [0.29, 0.717) is 17.8 Å². The highest BCUT2D eigenvalue weighted by Crippen LogP contribution is 2.35. The van der Waals surface area contributed by atoms with Crippen molar-refractivity contribution in [2.75, 3.05) is 7.05 Å². The summed E-state index contributed by atoms with van der Waals surface area (Å²) in [5.74, 6) is 0.410. The van der Waals surface area contributed by atoms with E-state index in [9.17, 15) is 4.79 Å². The number of benzene rings is 1. The van der Waals surface area contributed by atoms with Crippen LogP contribution < -0.4 is 4.74 Å². The minimum atomic E-state index is -0.585. The van der Waals surface area contributed by atoms with Crippen molar-refractivity contribution >= 4 is 21.9 Å². The van der Waals surface area contributed by atoms with Crippen molar-refractivity contribution in [3.05, 3.63) is 28.7 Å². The highest BCUT2D eigenvalue weighted by atomic mass is 79.9. The van der Waals surface area contributed by atoms with Crippen LogP contribution in [-0.2, 0) is 9.53 Å². The SMILES string of the molecule is CC(Oc1ccc(Br)cc1)C(=O)OC1C[C@H]2CC[C@@H](C1)N2C. The maximum atomic E-state index is 12.2. The van der Waals surface area contributed by atoms with Gasteiger partial charge in [-0.25, -0.2) is 4.79 Å². The fourth-order valence-corrected chi connectivity index (χ4v) is 3.75. The Kier molecular flexibility index (Phi) is 4.73. The lowest BCUT2D eigenvalue weighted by Gasteiger charge is -2.36. The molecular formula is C17H22BrNO3. The molecule has 5 heteroatoms. The van der Waals surface area contributed by atoms with E-state index in [1.54, 1.807) is 6.92 Å². The molecule has 2 unspecified atom stereocenters. The number of halogens is 1. The maximum absolute atomic E-state index is 12.2. The molecule has 0 N–H and O–H groups in total. The van der Waals surface area contributed by atoms with E-state index in [4.69, 9.17) is 9.47 Å². The highest BCUT2D eigenvalue weighted by Gasteiger charge is 2.40. The van der Waals surface area contributed by atoms with E-state index in [1.165, 1.54) is 12.8 Å². The number of hydrogen-bond donors (Lipinski definition) is 0. The Morgan fingerprint density at radius 2 is 1.82 bits per heavy atom. The molecule has 2 saturated heterocycles. The summed E-state index contributed by atoms with van der Waals surface area (Å²) in [7, 11) is 2.18. The number of hydrogen-bond acceptors (Lipinski definition) is 4. The van der Waals surface area contributed by atoms with E-state index in [2.05, 4.69) is 27.9 Å². The molecule has 0 radical (unpaired) electrons. The number of rotatable bonds is 4. The van der Waals surface area contributed by atoms with E-state index >= 15 is 0 Å². The molecule has 2 fully saturated rings. The summed E-state index contributed by atoms with van der Waals surface area (Å²) in [6.45, 7) is 1.74. The first kappa shape index (κ1) is 15.8. The monoisotopic (exact) mass is 367 g/mol. The van der Waals surface area contributed by atoms with Crippen LogP contribution in [0.25, 0.3) is 0 Å². The van der Waals surface area contributed by atoms with Crippen molar-refractivity contribution < 1.29 is 14.3 Å². The number of carbonyl (C=O) groups excluding carboxylic acids is 1. The summed E-state index contributed by atoms with van der Waals surface area (Å²) < 4.78 is 12.3. The van der Waals surface area contributed by atoms with Crippen LogP contribution >= 0.6 is 15.9 Å². The van der Waals surface area contributed by atoms with Gasteiger partial charge < -0.3 is 14.4 Å². The van der Waals surface area contributed by atoms with E-state index in [-0.39, 0.29) is 12.1 Å². The smallest absolute Gasteiger partial charge is 0.347 e. The molecule has 0 aliphatic carbocycles. The fraction of sp³-hybridized carbons (Fsp3) is 0.588.